The maximum Gasteiger partial charge on any atom is 0.322 e. The van der Waals surface area contributed by atoms with Crippen molar-refractivity contribution >= 4 is 88.8 Å². The molecule has 91 heavy (non-hydrogen) atoms. The molecule has 10 atom stereocenters. The highest BCUT2D eigenvalue weighted by molar-refractivity contribution is 5.99. The van der Waals surface area contributed by atoms with Gasteiger partial charge in [-0.2, -0.15) is 0 Å². The second kappa shape index (κ2) is 38.2. The summed E-state index contributed by atoms with van der Waals surface area (Å²) in [7, 11) is 0. The summed E-state index contributed by atoms with van der Waals surface area (Å²) in [4.78, 5) is 189. The van der Waals surface area contributed by atoms with E-state index in [0.717, 1.165) is 4.90 Å². The largest absolute Gasteiger partial charge is 0.508 e. The van der Waals surface area contributed by atoms with Crippen molar-refractivity contribution in [1.29, 1.82) is 0 Å². The summed E-state index contributed by atoms with van der Waals surface area (Å²) in [5, 5.41) is 61.1. The first-order valence-corrected chi connectivity index (χ1v) is 28.7. The third-order valence-corrected chi connectivity index (χ3v) is 13.7. The number of nitrogens with zero attached hydrogens (tertiary/aromatic N) is 4. The molecular weight excluding hydrogens is 1200 g/mol. The van der Waals surface area contributed by atoms with Gasteiger partial charge in [0.1, 0.15) is 66.7 Å². The monoisotopic (exact) mass is 1290 g/mol. The molecule has 1 aromatic heterocycles. The van der Waals surface area contributed by atoms with Crippen molar-refractivity contribution in [3.05, 3.63) is 48.0 Å². The van der Waals surface area contributed by atoms with Crippen molar-refractivity contribution in [3.8, 4) is 5.75 Å². The number of aliphatic imine (C=N–C) groups is 2. The SMILES string of the molecule is C[C@H](N)C(=O)N[C@@H](CO)C(=O)N[C@@H](CCC(N)=O)C(=O)N[C@@H](Cc1ccc(O)cc1)C(=O)N[C@@H](CCCN=C(N)N)C(=O)N1CCC[C@H]1C(=O)N[C@@H](CO)C(=O)N[C@@H](CCC(N)=O)C(=O)N[C@@H](CCCN=C(N)N)C(=O)N[C@@H](Cc1cnc[nH]1)C(=O)NCC(=O)O. The number of likely N-dealkylation sites (tertiary alicyclic amines) is 1. The molecule has 1 saturated heterocycles. The van der Waals surface area contributed by atoms with E-state index in [1.165, 1.54) is 43.7 Å². The Labute approximate surface area is 520 Å². The van der Waals surface area contributed by atoms with Crippen LogP contribution in [0, 0.1) is 0 Å². The number of aliphatic carboxylic acids is 1. The van der Waals surface area contributed by atoms with Gasteiger partial charge in [-0.1, -0.05) is 12.1 Å². The summed E-state index contributed by atoms with van der Waals surface area (Å²) in [6, 6.07) is -10.0. The molecule has 0 spiro atoms. The van der Waals surface area contributed by atoms with Gasteiger partial charge in [0.2, 0.25) is 70.9 Å². The molecule has 2 aromatic rings. The molecule has 3 rings (SSSR count). The lowest BCUT2D eigenvalue weighted by atomic mass is 10.0. The van der Waals surface area contributed by atoms with E-state index in [1.807, 2.05) is 0 Å². The number of imidazole rings is 1. The maximum atomic E-state index is 14.7. The number of hydrogen-bond acceptors (Lipinski definition) is 20. The Kier molecular flexibility index (Phi) is 31.5. The molecule has 502 valence electrons. The molecule has 1 aromatic carbocycles. The number of aliphatic hydroxyl groups excluding tert-OH is 2. The summed E-state index contributed by atoms with van der Waals surface area (Å²) in [5.74, 6) is -14.1. The van der Waals surface area contributed by atoms with E-state index >= 15 is 0 Å². The van der Waals surface area contributed by atoms with Gasteiger partial charge in [0.15, 0.2) is 11.9 Å². The van der Waals surface area contributed by atoms with Crippen LogP contribution in [0.2, 0.25) is 0 Å². The first-order valence-electron chi connectivity index (χ1n) is 28.7. The Hall–Kier alpha value is -10.2. The number of nitrogens with two attached hydrogens (primary N) is 7. The number of amides is 12. The highest BCUT2D eigenvalue weighted by Crippen LogP contribution is 2.21. The molecule has 1 fully saturated rings. The van der Waals surface area contributed by atoms with Crippen LogP contribution in [0.25, 0.3) is 0 Å². The van der Waals surface area contributed by atoms with E-state index in [1.54, 1.807) is 0 Å². The first-order chi connectivity index (χ1) is 43.0. The van der Waals surface area contributed by atoms with Gasteiger partial charge in [-0.05, 0) is 76.0 Å². The van der Waals surface area contributed by atoms with E-state index in [-0.39, 0.29) is 88.7 Å². The molecule has 1 aliphatic rings. The number of carbonyl (C=O) groups is 13. The van der Waals surface area contributed by atoms with Gasteiger partial charge in [-0.3, -0.25) is 72.3 Å². The fourth-order valence-corrected chi connectivity index (χ4v) is 8.93. The number of aliphatic hydroxyl groups is 2. The molecule has 0 saturated carbocycles. The Morgan fingerprint density at radius 2 is 1.03 bits per heavy atom. The third kappa shape index (κ3) is 27.0. The molecular formula is C53H83N21O17. The number of phenols is 1. The van der Waals surface area contributed by atoms with Crippen LogP contribution in [0.3, 0.4) is 0 Å². The van der Waals surface area contributed by atoms with Gasteiger partial charge in [0, 0.05) is 57.2 Å². The first kappa shape index (κ1) is 75.0. The van der Waals surface area contributed by atoms with Gasteiger partial charge < -0.3 is 118 Å². The average molecular weight is 1290 g/mol. The second-order valence-corrected chi connectivity index (χ2v) is 21.0. The van der Waals surface area contributed by atoms with Crippen LogP contribution in [0.5, 0.6) is 5.75 Å². The second-order valence-electron chi connectivity index (χ2n) is 21.0. The van der Waals surface area contributed by atoms with Crippen LogP contribution in [-0.4, -0.2) is 224 Å². The number of hydrogen-bond donors (Lipinski definition) is 21. The zero-order chi connectivity index (χ0) is 67.9. The molecule has 0 unspecified atom stereocenters. The van der Waals surface area contributed by atoms with Crippen molar-refractivity contribution in [2.75, 3.05) is 39.4 Å². The predicted octanol–water partition coefficient (Wildman–Crippen LogP) is -10.1. The Morgan fingerprint density at radius 3 is 1.49 bits per heavy atom. The van der Waals surface area contributed by atoms with E-state index < -0.39 is 183 Å². The van der Waals surface area contributed by atoms with Gasteiger partial charge in [0.25, 0.3) is 0 Å². The number of rotatable bonds is 40. The van der Waals surface area contributed by atoms with Gasteiger partial charge in [-0.25, -0.2) is 4.98 Å². The number of primary amides is 2. The van der Waals surface area contributed by atoms with Gasteiger partial charge in [-0.15, -0.1) is 0 Å². The molecule has 0 bridgehead atoms. The zero-order valence-corrected chi connectivity index (χ0v) is 49.9. The summed E-state index contributed by atoms with van der Waals surface area (Å²) in [6.45, 7) is -1.79. The number of aromatic nitrogens is 2. The zero-order valence-electron chi connectivity index (χ0n) is 49.9. The van der Waals surface area contributed by atoms with Crippen molar-refractivity contribution in [1.82, 2.24) is 62.7 Å². The van der Waals surface area contributed by atoms with E-state index in [0.29, 0.717) is 11.3 Å². The van der Waals surface area contributed by atoms with Crippen molar-refractivity contribution in [3.63, 3.8) is 0 Å². The highest BCUT2D eigenvalue weighted by atomic mass is 16.4. The lowest BCUT2D eigenvalue weighted by molar-refractivity contribution is -0.143. The number of nitrogens with one attached hydrogen (secondary N) is 10. The number of guanidine groups is 2. The van der Waals surface area contributed by atoms with E-state index in [4.69, 9.17) is 45.2 Å². The molecule has 0 aliphatic carbocycles. The molecule has 0 radical (unpaired) electrons. The molecule has 12 amide bonds. The number of phenolic OH excluding ortho intramolecular Hbond substituents is 1. The smallest absolute Gasteiger partial charge is 0.322 e. The van der Waals surface area contributed by atoms with E-state index in [9.17, 15) is 77.6 Å². The van der Waals surface area contributed by atoms with Gasteiger partial charge in [0.05, 0.1) is 25.6 Å². The van der Waals surface area contributed by atoms with Crippen LogP contribution in [0.4, 0.5) is 0 Å². The molecule has 38 heteroatoms. The molecule has 1 aliphatic heterocycles. The van der Waals surface area contributed by atoms with Crippen molar-refractivity contribution < 1.29 is 82.8 Å². The summed E-state index contributed by atoms with van der Waals surface area (Å²) in [5.41, 5.74) is 39.0. The van der Waals surface area contributed by atoms with Crippen LogP contribution in [0.1, 0.15) is 82.4 Å². The number of aromatic hydroxyl groups is 1. The quantitative estimate of drug-likeness (QED) is 0.0167. The standard InChI is InChI=1S/C53H83N21O17/c1-26(54)42(82)72-36(23-75)48(88)68-32(13-15-40(56)79)46(86)70-34(19-27-8-10-29(77)11-9-27)47(87)69-33(6-3-17-63-53(59)60)51(91)74-18-4-7-38(74)50(90)73-37(24-76)49(89)67-31(12-14-39(55)78)45(85)66-30(5-2-16-62-52(57)58)44(84)71-35(20-28-21-61-25-65-28)43(83)64-22-41(80)81/h8-11,21,25-26,30-38,75-77H,2-7,12-20,22-24,54H2,1H3,(H2,55,78)(H2,56,79)(H,61,65)(H,64,83)(H,66,85)(H,67,89)(H,68,88)(H,69,87)(H,70,86)(H,71,84)(H,72,82)(H,73,90)(H,80,81)(H4,57,58,62)(H4,59,60,63)/t26-,30-,31-,32-,33-,34-,35-,36-,37-,38-/m0/s1. The summed E-state index contributed by atoms with van der Waals surface area (Å²) < 4.78 is 0. The fraction of sp³-hybridized carbons (Fsp3) is 0.547. The normalized spacial score (nSPS) is 15.5. The number of carbonyl (C=O) groups excluding carboxylic acids is 12. The minimum Gasteiger partial charge on any atom is -0.508 e. The van der Waals surface area contributed by atoms with Crippen molar-refractivity contribution in [2.45, 2.75) is 144 Å². The van der Waals surface area contributed by atoms with Crippen LogP contribution in [-0.2, 0) is 75.2 Å². The minimum absolute atomic E-state index is 0.0277. The fourth-order valence-electron chi connectivity index (χ4n) is 8.93. The number of carboxylic acid groups (broad SMARTS) is 1. The Morgan fingerprint density at radius 1 is 0.593 bits per heavy atom. The van der Waals surface area contributed by atoms with Crippen LogP contribution >= 0.6 is 0 Å². The molecule has 28 N–H and O–H groups in total. The molecule has 38 nitrogen and oxygen atoms in total. The predicted molar refractivity (Wildman–Crippen MR) is 319 cm³/mol. The number of benzene rings is 1. The summed E-state index contributed by atoms with van der Waals surface area (Å²) >= 11 is 0. The minimum atomic E-state index is -1.86. The highest BCUT2D eigenvalue weighted by Gasteiger charge is 2.41. The van der Waals surface area contributed by atoms with E-state index in [2.05, 4.69) is 67.8 Å². The van der Waals surface area contributed by atoms with Gasteiger partial charge >= 0.3 is 5.97 Å². The number of H-pyrrole nitrogens is 1. The van der Waals surface area contributed by atoms with Crippen molar-refractivity contribution in [2.24, 2.45) is 50.1 Å². The maximum absolute atomic E-state index is 14.7. The number of aromatic amines is 1. The summed E-state index contributed by atoms with van der Waals surface area (Å²) in [6.07, 6.45) is -0.0905. The topological polar surface area (TPSA) is 650 Å². The van der Waals surface area contributed by atoms with Crippen LogP contribution in [0.15, 0.2) is 46.8 Å². The lowest BCUT2D eigenvalue weighted by Crippen LogP contribution is -2.61. The molecule has 2 heterocycles. The third-order valence-electron chi connectivity index (χ3n) is 13.7. The Balaban J connectivity index is 1.94. The van der Waals surface area contributed by atoms with Crippen LogP contribution < -0.4 is 88.0 Å². The lowest BCUT2D eigenvalue weighted by Gasteiger charge is -2.31. The number of carboxylic acids is 1. The Bertz CT molecular complexity index is 2900. The average Bonchev–Trinajstić information content (AvgIpc) is 1.92.